The van der Waals surface area contributed by atoms with Gasteiger partial charge in [0.15, 0.2) is 0 Å². The number of nitro benzene ring substituents is 1. The first-order valence-electron chi connectivity index (χ1n) is 3.96. The van der Waals surface area contributed by atoms with Crippen LogP contribution in [0.4, 0.5) is 5.69 Å². The fourth-order valence-corrected chi connectivity index (χ4v) is 1.21. The summed E-state index contributed by atoms with van der Waals surface area (Å²) in [5.41, 5.74) is -0.575. The summed E-state index contributed by atoms with van der Waals surface area (Å²) in [5, 5.41) is 19.1. The molecule has 0 aliphatic heterocycles. The van der Waals surface area contributed by atoms with E-state index in [1.165, 1.54) is 19.1 Å². The minimum Gasteiger partial charge on any atom is -0.475 e. The van der Waals surface area contributed by atoms with Gasteiger partial charge in [0.05, 0.1) is 4.92 Å². The number of carbonyl (C=O) groups is 2. The molecule has 0 aliphatic carbocycles. The lowest BCUT2D eigenvalue weighted by Gasteiger charge is -2.02. The van der Waals surface area contributed by atoms with Crippen molar-refractivity contribution in [2.45, 2.75) is 6.92 Å². The van der Waals surface area contributed by atoms with Gasteiger partial charge in [0.1, 0.15) is 5.56 Å². The fraction of sp³-hybridized carbons (Fsp3) is 0.111. The summed E-state index contributed by atoms with van der Waals surface area (Å²) < 4.78 is 0. The predicted molar refractivity (Wildman–Crippen MR) is 49.8 cm³/mol. The molecule has 1 rings (SSSR count). The minimum absolute atomic E-state index is 0.275. The van der Waals surface area contributed by atoms with Crippen molar-refractivity contribution in [3.8, 4) is 0 Å². The van der Waals surface area contributed by atoms with Gasteiger partial charge in [-0.2, -0.15) is 0 Å². The van der Waals surface area contributed by atoms with Crippen molar-refractivity contribution in [3.05, 3.63) is 39.4 Å². The van der Waals surface area contributed by atoms with Gasteiger partial charge < -0.3 is 5.11 Å². The van der Waals surface area contributed by atoms with Gasteiger partial charge in [-0.05, 0) is 12.5 Å². The molecule has 15 heavy (non-hydrogen) atoms. The van der Waals surface area contributed by atoms with Gasteiger partial charge in [-0.15, -0.1) is 0 Å². The molecule has 78 valence electrons. The number of aryl methyl sites for hydroxylation is 1. The summed E-state index contributed by atoms with van der Waals surface area (Å²) in [6.07, 6.45) is 0. The Kier molecular flexibility index (Phi) is 2.80. The smallest absolute Gasteiger partial charge is 0.377 e. The van der Waals surface area contributed by atoms with Crippen molar-refractivity contribution in [3.63, 3.8) is 0 Å². The summed E-state index contributed by atoms with van der Waals surface area (Å²) in [7, 11) is 0. The average molecular weight is 209 g/mol. The Morgan fingerprint density at radius 1 is 1.40 bits per heavy atom. The Balaban J connectivity index is 3.44. The second-order valence-corrected chi connectivity index (χ2v) is 2.86. The van der Waals surface area contributed by atoms with Gasteiger partial charge >= 0.3 is 5.97 Å². The third kappa shape index (κ3) is 1.98. The van der Waals surface area contributed by atoms with Gasteiger partial charge in [0.25, 0.3) is 11.5 Å². The Bertz CT molecular complexity index is 452. The van der Waals surface area contributed by atoms with Crippen LogP contribution >= 0.6 is 0 Å². The summed E-state index contributed by atoms with van der Waals surface area (Å²) >= 11 is 0. The molecule has 0 saturated heterocycles. The van der Waals surface area contributed by atoms with Crippen LogP contribution in [0, 0.1) is 17.0 Å². The number of ketones is 1. The summed E-state index contributed by atoms with van der Waals surface area (Å²) in [6, 6.07) is 3.94. The number of carboxylic acid groups (broad SMARTS) is 1. The second kappa shape index (κ2) is 3.87. The highest BCUT2D eigenvalue weighted by Crippen LogP contribution is 2.22. The first-order chi connectivity index (χ1) is 6.95. The number of aliphatic carboxylic acids is 1. The largest absolute Gasteiger partial charge is 0.475 e. The van der Waals surface area contributed by atoms with E-state index in [-0.39, 0.29) is 11.1 Å². The Morgan fingerprint density at radius 3 is 2.47 bits per heavy atom. The molecule has 1 aromatic rings. The lowest BCUT2D eigenvalue weighted by Crippen LogP contribution is -2.16. The normalized spacial score (nSPS) is 9.67. The molecule has 0 unspecified atom stereocenters. The number of carboxylic acids is 1. The van der Waals surface area contributed by atoms with Gasteiger partial charge in [0, 0.05) is 6.07 Å². The molecule has 0 spiro atoms. The molecule has 0 saturated carbocycles. The first kappa shape index (κ1) is 10.8. The Labute approximate surface area is 84.3 Å². The monoisotopic (exact) mass is 209 g/mol. The van der Waals surface area contributed by atoms with Crippen LogP contribution in [-0.2, 0) is 4.79 Å². The van der Waals surface area contributed by atoms with E-state index in [1.807, 2.05) is 0 Å². The lowest BCUT2D eigenvalue weighted by atomic mass is 10.0. The quantitative estimate of drug-likeness (QED) is 0.348. The molecule has 0 amide bonds. The van der Waals surface area contributed by atoms with Crippen LogP contribution < -0.4 is 0 Å². The highest BCUT2D eigenvalue weighted by Gasteiger charge is 2.26. The summed E-state index contributed by atoms with van der Waals surface area (Å²) in [4.78, 5) is 31.4. The highest BCUT2D eigenvalue weighted by molar-refractivity contribution is 6.41. The zero-order valence-corrected chi connectivity index (χ0v) is 7.76. The molecule has 0 fully saturated rings. The van der Waals surface area contributed by atoms with Crippen LogP contribution in [0.3, 0.4) is 0 Å². The van der Waals surface area contributed by atoms with E-state index < -0.39 is 22.4 Å². The molecule has 0 aliphatic rings. The van der Waals surface area contributed by atoms with Gasteiger partial charge in [-0.3, -0.25) is 14.9 Å². The maximum absolute atomic E-state index is 11.2. The van der Waals surface area contributed by atoms with E-state index in [0.717, 1.165) is 6.07 Å². The molecule has 0 heterocycles. The SMILES string of the molecule is Cc1cccc([N+](=O)[O-])c1C(=O)C(=O)O. The second-order valence-electron chi connectivity index (χ2n) is 2.86. The summed E-state index contributed by atoms with van der Waals surface area (Å²) in [5.74, 6) is -2.97. The predicted octanol–water partition coefficient (Wildman–Crippen LogP) is 1.17. The van der Waals surface area contributed by atoms with Gasteiger partial charge in [0.2, 0.25) is 0 Å². The van der Waals surface area contributed by atoms with Gasteiger partial charge in [-0.25, -0.2) is 4.79 Å². The number of nitro groups is 1. The minimum atomic E-state index is -1.70. The van der Waals surface area contributed by atoms with Crippen molar-refractivity contribution in [1.82, 2.24) is 0 Å². The van der Waals surface area contributed by atoms with Crippen molar-refractivity contribution >= 4 is 17.4 Å². The van der Waals surface area contributed by atoms with Crippen LogP contribution in [0.25, 0.3) is 0 Å². The molecule has 0 bridgehead atoms. The Hall–Kier alpha value is -2.24. The maximum Gasteiger partial charge on any atom is 0.377 e. The van der Waals surface area contributed by atoms with E-state index in [0.29, 0.717) is 0 Å². The molecule has 0 atom stereocenters. The number of hydrogen-bond acceptors (Lipinski definition) is 4. The number of nitrogens with zero attached hydrogens (tertiary/aromatic N) is 1. The van der Waals surface area contributed by atoms with Crippen LogP contribution in [0.2, 0.25) is 0 Å². The van der Waals surface area contributed by atoms with Crippen molar-refractivity contribution < 1.29 is 19.6 Å². The first-order valence-corrected chi connectivity index (χ1v) is 3.96. The van der Waals surface area contributed by atoms with E-state index in [9.17, 15) is 19.7 Å². The molecule has 0 radical (unpaired) electrons. The zero-order chi connectivity index (χ0) is 11.6. The third-order valence-electron chi connectivity index (χ3n) is 1.87. The molecular weight excluding hydrogens is 202 g/mol. The number of Topliss-reactive ketones (excluding diaryl/α,β-unsaturated/α-hetero) is 1. The number of hydrogen-bond donors (Lipinski definition) is 1. The van der Waals surface area contributed by atoms with E-state index in [4.69, 9.17) is 5.11 Å². The standard InChI is InChI=1S/C9H7NO5/c1-5-3-2-4-6(10(14)15)7(5)8(11)9(12)13/h2-4H,1H3,(H,12,13). The van der Waals surface area contributed by atoms with Gasteiger partial charge in [-0.1, -0.05) is 12.1 Å². The molecule has 0 aromatic heterocycles. The highest BCUT2D eigenvalue weighted by atomic mass is 16.6. The third-order valence-corrected chi connectivity index (χ3v) is 1.87. The fourth-order valence-electron chi connectivity index (χ4n) is 1.21. The molecule has 1 aromatic carbocycles. The van der Waals surface area contributed by atoms with Crippen LogP contribution in [0.15, 0.2) is 18.2 Å². The maximum atomic E-state index is 11.2. The molecule has 6 nitrogen and oxygen atoms in total. The van der Waals surface area contributed by atoms with Crippen molar-refractivity contribution in [2.24, 2.45) is 0 Å². The number of benzene rings is 1. The molecular formula is C9H7NO5. The van der Waals surface area contributed by atoms with Crippen LogP contribution in [0.1, 0.15) is 15.9 Å². The van der Waals surface area contributed by atoms with E-state index in [1.54, 1.807) is 0 Å². The molecule has 1 N–H and O–H groups in total. The van der Waals surface area contributed by atoms with Crippen LogP contribution in [-0.4, -0.2) is 21.8 Å². The van der Waals surface area contributed by atoms with Crippen molar-refractivity contribution in [1.29, 1.82) is 0 Å². The van der Waals surface area contributed by atoms with E-state index in [2.05, 4.69) is 0 Å². The van der Waals surface area contributed by atoms with Crippen molar-refractivity contribution in [2.75, 3.05) is 0 Å². The number of rotatable bonds is 3. The molecule has 6 heteroatoms. The summed E-state index contributed by atoms with van der Waals surface area (Å²) in [6.45, 7) is 1.45. The Morgan fingerprint density at radius 2 is 2.00 bits per heavy atom. The topological polar surface area (TPSA) is 97.5 Å². The number of carbonyl (C=O) groups excluding carboxylic acids is 1. The van der Waals surface area contributed by atoms with E-state index >= 15 is 0 Å². The zero-order valence-electron chi connectivity index (χ0n) is 7.76. The van der Waals surface area contributed by atoms with Crippen LogP contribution in [0.5, 0.6) is 0 Å². The lowest BCUT2D eigenvalue weighted by molar-refractivity contribution is -0.385. The average Bonchev–Trinajstić information content (AvgIpc) is 2.16.